The summed E-state index contributed by atoms with van der Waals surface area (Å²) in [4.78, 5) is 29.6. The van der Waals surface area contributed by atoms with Crippen LogP contribution in [-0.4, -0.2) is 53.9 Å². The number of benzene rings is 1. The molecular weight excluding hydrogens is 434 g/mol. The van der Waals surface area contributed by atoms with E-state index in [0.29, 0.717) is 49.3 Å². The number of aromatic nitrogens is 1. The molecule has 1 saturated heterocycles. The average Bonchev–Trinajstić information content (AvgIpc) is 3.20. The number of rotatable bonds is 6. The van der Waals surface area contributed by atoms with Gasteiger partial charge < -0.3 is 24.5 Å². The van der Waals surface area contributed by atoms with Crippen LogP contribution in [0, 0.1) is 0 Å². The molecule has 0 aliphatic carbocycles. The van der Waals surface area contributed by atoms with Crippen molar-refractivity contribution in [1.29, 1.82) is 0 Å². The lowest BCUT2D eigenvalue weighted by Gasteiger charge is -2.37. The van der Waals surface area contributed by atoms with Gasteiger partial charge in [0.1, 0.15) is 11.3 Å². The highest BCUT2D eigenvalue weighted by Gasteiger charge is 2.33. The van der Waals surface area contributed by atoms with Crippen molar-refractivity contribution in [3.8, 4) is 0 Å². The second-order valence-electron chi connectivity index (χ2n) is 8.45. The third-order valence-corrected chi connectivity index (χ3v) is 5.15. The van der Waals surface area contributed by atoms with E-state index in [1.165, 1.54) is 0 Å². The van der Waals surface area contributed by atoms with Gasteiger partial charge in [0, 0.05) is 24.3 Å². The predicted molar refractivity (Wildman–Crippen MR) is 122 cm³/mol. The Morgan fingerprint density at radius 1 is 1.31 bits per heavy atom. The molecule has 9 heteroatoms. The number of hydrogen-bond acceptors (Lipinski definition) is 6. The number of nitrogens with one attached hydrogen (secondary N) is 2. The summed E-state index contributed by atoms with van der Waals surface area (Å²) in [7, 11) is 0. The van der Waals surface area contributed by atoms with Crippen LogP contribution in [0.25, 0.3) is 0 Å². The monoisotopic (exact) mass is 463 g/mol. The maximum Gasteiger partial charge on any atom is 0.410 e. The Morgan fingerprint density at radius 3 is 2.81 bits per heavy atom. The molecule has 1 atom stereocenters. The maximum atomic E-state index is 12.9. The van der Waals surface area contributed by atoms with Gasteiger partial charge in [-0.05, 0) is 57.0 Å². The van der Waals surface area contributed by atoms with Gasteiger partial charge in [-0.3, -0.25) is 4.90 Å². The molecule has 1 aliphatic rings. The molecule has 0 saturated carbocycles. The van der Waals surface area contributed by atoms with Crippen molar-refractivity contribution in [3.05, 3.63) is 52.3 Å². The zero-order valence-corrected chi connectivity index (χ0v) is 19.6. The Morgan fingerprint density at radius 2 is 2.09 bits per heavy atom. The van der Waals surface area contributed by atoms with Crippen LogP contribution in [0.1, 0.15) is 55.4 Å². The minimum atomic E-state index is -0.601. The fourth-order valence-corrected chi connectivity index (χ4v) is 3.70. The summed E-state index contributed by atoms with van der Waals surface area (Å²) in [5.74, 6) is -0.423. The van der Waals surface area contributed by atoms with Gasteiger partial charge in [-0.25, -0.2) is 9.59 Å². The number of nitrogens with zero attached hydrogens (tertiary/aromatic N) is 1. The Bertz CT molecular complexity index is 953. The first-order valence-electron chi connectivity index (χ1n) is 10.6. The van der Waals surface area contributed by atoms with Crippen LogP contribution in [0.3, 0.4) is 0 Å². The van der Waals surface area contributed by atoms with E-state index in [2.05, 4.69) is 10.3 Å². The molecule has 1 aromatic carbocycles. The molecule has 1 amide bonds. The molecule has 0 spiro atoms. The minimum absolute atomic E-state index is 0.292. The van der Waals surface area contributed by atoms with Crippen LogP contribution in [-0.2, 0) is 20.8 Å². The van der Waals surface area contributed by atoms with Crippen molar-refractivity contribution >= 4 is 29.4 Å². The van der Waals surface area contributed by atoms with Crippen molar-refractivity contribution in [2.45, 2.75) is 45.9 Å². The minimum Gasteiger partial charge on any atom is -0.461 e. The van der Waals surface area contributed by atoms with E-state index in [4.69, 9.17) is 25.8 Å². The highest BCUT2D eigenvalue weighted by Crippen LogP contribution is 2.31. The fraction of sp³-hybridized carbons (Fsp3) is 0.478. The molecule has 1 aliphatic heterocycles. The van der Waals surface area contributed by atoms with Crippen molar-refractivity contribution in [2.24, 2.45) is 0 Å². The van der Waals surface area contributed by atoms with Crippen LogP contribution < -0.4 is 5.32 Å². The molecule has 174 valence electrons. The van der Waals surface area contributed by atoms with E-state index in [1.54, 1.807) is 30.2 Å². The number of esters is 1. The van der Waals surface area contributed by atoms with Gasteiger partial charge in [-0.2, -0.15) is 0 Å². The molecule has 2 heterocycles. The maximum absolute atomic E-state index is 12.9. The lowest BCUT2D eigenvalue weighted by molar-refractivity contribution is -0.0332. The van der Waals surface area contributed by atoms with Crippen LogP contribution in [0.15, 0.2) is 30.5 Å². The summed E-state index contributed by atoms with van der Waals surface area (Å²) < 4.78 is 16.4. The van der Waals surface area contributed by atoms with Crippen molar-refractivity contribution in [1.82, 2.24) is 9.88 Å². The summed E-state index contributed by atoms with van der Waals surface area (Å²) in [6.07, 6.45) is 1.29. The van der Waals surface area contributed by atoms with E-state index in [9.17, 15) is 9.59 Å². The molecule has 32 heavy (non-hydrogen) atoms. The molecular formula is C23H30ClN3O5. The second kappa shape index (κ2) is 10.3. The highest BCUT2D eigenvalue weighted by molar-refractivity contribution is 6.30. The van der Waals surface area contributed by atoms with E-state index in [-0.39, 0.29) is 12.1 Å². The second-order valence-corrected chi connectivity index (χ2v) is 8.88. The number of carbonyl (C=O) groups is 2. The largest absolute Gasteiger partial charge is 0.461 e. The van der Waals surface area contributed by atoms with Crippen LogP contribution in [0.2, 0.25) is 5.02 Å². The van der Waals surface area contributed by atoms with Crippen LogP contribution in [0.4, 0.5) is 10.5 Å². The van der Waals surface area contributed by atoms with E-state index in [0.717, 1.165) is 11.1 Å². The average molecular weight is 464 g/mol. The summed E-state index contributed by atoms with van der Waals surface area (Å²) in [6.45, 7) is 9.19. The molecule has 0 radical (unpaired) electrons. The topological polar surface area (TPSA) is 92.9 Å². The van der Waals surface area contributed by atoms with Gasteiger partial charge in [0.25, 0.3) is 0 Å². The lowest BCUT2D eigenvalue weighted by atomic mass is 9.98. The van der Waals surface area contributed by atoms with Gasteiger partial charge in [0.2, 0.25) is 0 Å². The fourth-order valence-electron chi connectivity index (χ4n) is 3.52. The van der Waals surface area contributed by atoms with Crippen molar-refractivity contribution in [2.75, 3.05) is 31.7 Å². The normalized spacial score (nSPS) is 16.5. The first kappa shape index (κ1) is 23.9. The molecule has 3 rings (SSSR count). The van der Waals surface area contributed by atoms with Crippen molar-refractivity contribution in [3.63, 3.8) is 0 Å². The van der Waals surface area contributed by atoms with Gasteiger partial charge in [-0.1, -0.05) is 17.7 Å². The Labute approximate surface area is 193 Å². The molecule has 8 nitrogen and oxygen atoms in total. The molecule has 1 unspecified atom stereocenters. The number of halogens is 1. The van der Waals surface area contributed by atoms with E-state index < -0.39 is 11.6 Å². The molecule has 1 fully saturated rings. The summed E-state index contributed by atoms with van der Waals surface area (Å²) in [5, 5.41) is 3.84. The number of aromatic amines is 1. The number of hydrogen-bond donors (Lipinski definition) is 2. The smallest absolute Gasteiger partial charge is 0.410 e. The van der Waals surface area contributed by atoms with Crippen molar-refractivity contribution < 1.29 is 23.8 Å². The number of amides is 1. The number of H-pyrrole nitrogens is 1. The van der Waals surface area contributed by atoms with E-state index >= 15 is 0 Å². The molecule has 2 N–H and O–H groups in total. The lowest BCUT2D eigenvalue weighted by Crippen LogP contribution is -2.46. The highest BCUT2D eigenvalue weighted by atomic mass is 35.5. The first-order chi connectivity index (χ1) is 15.2. The third kappa shape index (κ3) is 5.95. The Balaban J connectivity index is 1.84. The van der Waals surface area contributed by atoms with E-state index in [1.807, 2.05) is 32.9 Å². The third-order valence-electron chi connectivity index (χ3n) is 4.92. The zero-order chi connectivity index (χ0) is 23.3. The van der Waals surface area contributed by atoms with Crippen LogP contribution in [0.5, 0.6) is 0 Å². The standard InChI is InChI=1S/C23H30ClN3O5/c1-5-31-21(28)20-18(8-9-25-20)26-13-15-6-7-16(24)12-17(15)19-14-30-11-10-27(19)22(29)32-23(2,3)4/h6-9,12,19,25-26H,5,10-11,13-14H2,1-4H3. The summed E-state index contributed by atoms with van der Waals surface area (Å²) in [6, 6.07) is 6.98. The number of morpholine rings is 1. The molecule has 2 aromatic rings. The SMILES string of the molecule is CCOC(=O)c1[nH]ccc1NCc1ccc(Cl)cc1C1COCCN1C(=O)OC(C)(C)C. The van der Waals surface area contributed by atoms with Gasteiger partial charge >= 0.3 is 12.1 Å². The first-order valence-corrected chi connectivity index (χ1v) is 11.0. The number of carbonyl (C=O) groups excluding carboxylic acids is 2. The molecule has 0 bridgehead atoms. The predicted octanol–water partition coefficient (Wildman–Crippen LogP) is 4.77. The number of anilines is 1. The summed E-state index contributed by atoms with van der Waals surface area (Å²) in [5.41, 5.74) is 2.18. The van der Waals surface area contributed by atoms with Gasteiger partial charge in [0.05, 0.1) is 31.5 Å². The number of ether oxygens (including phenoxy) is 3. The van der Waals surface area contributed by atoms with Crippen LogP contribution >= 0.6 is 11.6 Å². The zero-order valence-electron chi connectivity index (χ0n) is 18.9. The quantitative estimate of drug-likeness (QED) is 0.599. The van der Waals surface area contributed by atoms with Gasteiger partial charge in [-0.15, -0.1) is 0 Å². The Hall–Kier alpha value is -2.71. The molecule has 1 aromatic heterocycles. The summed E-state index contributed by atoms with van der Waals surface area (Å²) >= 11 is 6.31. The van der Waals surface area contributed by atoms with Gasteiger partial charge in [0.15, 0.2) is 0 Å². The Kier molecular flexibility index (Phi) is 7.69.